The van der Waals surface area contributed by atoms with E-state index in [0.29, 0.717) is 18.0 Å². The van der Waals surface area contributed by atoms with Crippen LogP contribution in [0.3, 0.4) is 0 Å². The van der Waals surface area contributed by atoms with Crippen LogP contribution in [0.2, 0.25) is 0 Å². The highest BCUT2D eigenvalue weighted by Crippen LogP contribution is 2.26. The molecule has 2 aromatic carbocycles. The van der Waals surface area contributed by atoms with E-state index < -0.39 is 10.0 Å². The summed E-state index contributed by atoms with van der Waals surface area (Å²) in [4.78, 5) is 0.245. The van der Waals surface area contributed by atoms with E-state index in [1.165, 1.54) is 11.4 Å². The van der Waals surface area contributed by atoms with Crippen LogP contribution in [0.4, 0.5) is 5.69 Å². The van der Waals surface area contributed by atoms with Gasteiger partial charge < -0.3 is 4.74 Å². The summed E-state index contributed by atoms with van der Waals surface area (Å²) in [6, 6.07) is 13.6. The summed E-state index contributed by atoms with van der Waals surface area (Å²) < 4.78 is 32.7. The fraction of sp³-hybridized carbons (Fsp3) is 0.200. The smallest absolute Gasteiger partial charge is 0.264 e. The van der Waals surface area contributed by atoms with E-state index in [1.54, 1.807) is 48.5 Å². The van der Waals surface area contributed by atoms with E-state index >= 15 is 0 Å². The van der Waals surface area contributed by atoms with Gasteiger partial charge in [-0.3, -0.25) is 4.31 Å². The van der Waals surface area contributed by atoms with Crippen molar-refractivity contribution in [3.63, 3.8) is 0 Å². The summed E-state index contributed by atoms with van der Waals surface area (Å²) in [6.45, 7) is 2.42. The van der Waals surface area contributed by atoms with Crippen LogP contribution in [0.1, 0.15) is 6.92 Å². The standard InChI is InChI=1S/C15H16BrNO3S/c1-3-20-14-6-4-5-13(11-14)17(2)21(18,19)15-9-7-12(16)8-10-15/h4-11H,3H2,1-2H3. The number of rotatable bonds is 5. The van der Waals surface area contributed by atoms with Gasteiger partial charge in [0.05, 0.1) is 17.2 Å². The Kier molecular flexibility index (Phi) is 4.90. The third kappa shape index (κ3) is 3.57. The average molecular weight is 370 g/mol. The molecule has 6 heteroatoms. The maximum atomic E-state index is 12.6. The summed E-state index contributed by atoms with van der Waals surface area (Å²) in [5, 5.41) is 0. The summed E-state index contributed by atoms with van der Waals surface area (Å²) in [5.41, 5.74) is 0.559. The number of anilines is 1. The maximum absolute atomic E-state index is 12.6. The van der Waals surface area contributed by atoms with Gasteiger partial charge in [-0.05, 0) is 43.3 Å². The molecule has 112 valence electrons. The minimum Gasteiger partial charge on any atom is -0.494 e. The number of benzene rings is 2. The monoisotopic (exact) mass is 369 g/mol. The summed E-state index contributed by atoms with van der Waals surface area (Å²) in [6.07, 6.45) is 0. The van der Waals surface area contributed by atoms with Crippen LogP contribution in [0.15, 0.2) is 57.9 Å². The second-order valence-electron chi connectivity index (χ2n) is 4.36. The summed E-state index contributed by atoms with van der Waals surface area (Å²) in [7, 11) is -2.05. The molecule has 0 aromatic heterocycles. The van der Waals surface area contributed by atoms with Gasteiger partial charge in [0, 0.05) is 17.6 Å². The number of ether oxygens (including phenoxy) is 1. The van der Waals surface area contributed by atoms with E-state index in [2.05, 4.69) is 15.9 Å². The fourth-order valence-corrected chi connectivity index (χ4v) is 3.29. The molecule has 0 atom stereocenters. The van der Waals surface area contributed by atoms with E-state index in [1.807, 2.05) is 6.92 Å². The number of hydrogen-bond acceptors (Lipinski definition) is 3. The number of sulfonamides is 1. The first-order valence-electron chi connectivity index (χ1n) is 6.42. The van der Waals surface area contributed by atoms with Crippen molar-refractivity contribution in [1.29, 1.82) is 0 Å². The first kappa shape index (κ1) is 15.9. The van der Waals surface area contributed by atoms with Gasteiger partial charge in [-0.2, -0.15) is 0 Å². The molecule has 0 unspecified atom stereocenters. The van der Waals surface area contributed by atoms with Crippen LogP contribution in [0.25, 0.3) is 0 Å². The maximum Gasteiger partial charge on any atom is 0.264 e. The van der Waals surface area contributed by atoms with Crippen molar-refractivity contribution >= 4 is 31.6 Å². The van der Waals surface area contributed by atoms with Crippen molar-refractivity contribution < 1.29 is 13.2 Å². The van der Waals surface area contributed by atoms with Crippen LogP contribution < -0.4 is 9.04 Å². The molecule has 2 aromatic rings. The van der Waals surface area contributed by atoms with Crippen molar-refractivity contribution in [2.45, 2.75) is 11.8 Å². The van der Waals surface area contributed by atoms with Crippen LogP contribution in [0, 0.1) is 0 Å². The Balaban J connectivity index is 2.35. The number of halogens is 1. The first-order chi connectivity index (χ1) is 9.95. The molecule has 0 aliphatic carbocycles. The minimum absolute atomic E-state index is 0.245. The lowest BCUT2D eigenvalue weighted by Gasteiger charge is -2.20. The molecule has 0 amide bonds. The molecule has 0 aliphatic heterocycles. The largest absolute Gasteiger partial charge is 0.494 e. The Morgan fingerprint density at radius 3 is 2.43 bits per heavy atom. The van der Waals surface area contributed by atoms with Gasteiger partial charge in [-0.25, -0.2) is 8.42 Å². The van der Waals surface area contributed by atoms with Crippen LogP contribution in [-0.4, -0.2) is 22.1 Å². The highest BCUT2D eigenvalue weighted by molar-refractivity contribution is 9.10. The predicted molar refractivity (Wildman–Crippen MR) is 87.3 cm³/mol. The van der Waals surface area contributed by atoms with Crippen molar-refractivity contribution in [3.05, 3.63) is 53.0 Å². The molecule has 0 heterocycles. The van der Waals surface area contributed by atoms with Crippen molar-refractivity contribution in [3.8, 4) is 5.75 Å². The molecule has 0 fully saturated rings. The van der Waals surface area contributed by atoms with E-state index in [4.69, 9.17) is 4.74 Å². The molecular formula is C15H16BrNO3S. The zero-order valence-corrected chi connectivity index (χ0v) is 14.2. The Morgan fingerprint density at radius 1 is 1.14 bits per heavy atom. The number of hydrogen-bond donors (Lipinski definition) is 0. The lowest BCUT2D eigenvalue weighted by molar-refractivity contribution is 0.340. The molecule has 21 heavy (non-hydrogen) atoms. The predicted octanol–water partition coefficient (Wildman–Crippen LogP) is 3.67. The van der Waals surface area contributed by atoms with Crippen LogP contribution in [-0.2, 0) is 10.0 Å². The topological polar surface area (TPSA) is 46.6 Å². The molecule has 0 radical (unpaired) electrons. The average Bonchev–Trinajstić information content (AvgIpc) is 2.47. The fourth-order valence-electron chi connectivity index (χ4n) is 1.84. The highest BCUT2D eigenvalue weighted by Gasteiger charge is 2.21. The third-order valence-corrected chi connectivity index (χ3v) is 5.29. The normalized spacial score (nSPS) is 11.2. The van der Waals surface area contributed by atoms with Gasteiger partial charge in [0.25, 0.3) is 10.0 Å². The molecule has 0 aliphatic rings. The quantitative estimate of drug-likeness (QED) is 0.807. The van der Waals surface area contributed by atoms with Crippen molar-refractivity contribution in [2.24, 2.45) is 0 Å². The Labute approximate surface area is 133 Å². The minimum atomic E-state index is -3.58. The molecule has 0 saturated heterocycles. The van der Waals surface area contributed by atoms with E-state index in [0.717, 1.165) is 4.47 Å². The lowest BCUT2D eigenvalue weighted by Crippen LogP contribution is -2.26. The second-order valence-corrected chi connectivity index (χ2v) is 7.24. The van der Waals surface area contributed by atoms with Gasteiger partial charge in [0.2, 0.25) is 0 Å². The molecule has 4 nitrogen and oxygen atoms in total. The zero-order valence-electron chi connectivity index (χ0n) is 11.8. The Bertz CT molecular complexity index is 714. The first-order valence-corrected chi connectivity index (χ1v) is 8.66. The molecule has 0 N–H and O–H groups in total. The highest BCUT2D eigenvalue weighted by atomic mass is 79.9. The van der Waals surface area contributed by atoms with Crippen molar-refractivity contribution in [1.82, 2.24) is 0 Å². The molecule has 0 spiro atoms. The van der Waals surface area contributed by atoms with Gasteiger partial charge in [-0.1, -0.05) is 22.0 Å². The SMILES string of the molecule is CCOc1cccc(N(C)S(=O)(=O)c2ccc(Br)cc2)c1. The van der Waals surface area contributed by atoms with Crippen molar-refractivity contribution in [2.75, 3.05) is 18.0 Å². The molecule has 0 bridgehead atoms. The second kappa shape index (κ2) is 6.49. The van der Waals surface area contributed by atoms with E-state index in [9.17, 15) is 8.42 Å². The molecular weight excluding hydrogens is 354 g/mol. The van der Waals surface area contributed by atoms with Crippen LogP contribution >= 0.6 is 15.9 Å². The van der Waals surface area contributed by atoms with Gasteiger partial charge in [0.15, 0.2) is 0 Å². The van der Waals surface area contributed by atoms with Crippen LogP contribution in [0.5, 0.6) is 5.75 Å². The Hall–Kier alpha value is -1.53. The lowest BCUT2D eigenvalue weighted by atomic mass is 10.3. The zero-order chi connectivity index (χ0) is 15.5. The van der Waals surface area contributed by atoms with Gasteiger partial charge in [-0.15, -0.1) is 0 Å². The number of nitrogens with zero attached hydrogens (tertiary/aromatic N) is 1. The Morgan fingerprint density at radius 2 is 1.81 bits per heavy atom. The van der Waals surface area contributed by atoms with E-state index in [-0.39, 0.29) is 4.90 Å². The molecule has 0 saturated carbocycles. The molecule has 2 rings (SSSR count). The van der Waals surface area contributed by atoms with Gasteiger partial charge in [0.1, 0.15) is 5.75 Å². The summed E-state index contributed by atoms with van der Waals surface area (Å²) in [5.74, 6) is 0.646. The summed E-state index contributed by atoms with van der Waals surface area (Å²) >= 11 is 3.30. The third-order valence-electron chi connectivity index (χ3n) is 2.96. The van der Waals surface area contributed by atoms with Gasteiger partial charge >= 0.3 is 0 Å².